The molecule has 1 N–H and O–H groups in total. The molecule has 2 nitrogen and oxygen atoms in total. The molecule has 0 rings (SSSR count). The van der Waals surface area contributed by atoms with Gasteiger partial charge in [0.1, 0.15) is 0 Å². The van der Waals surface area contributed by atoms with Gasteiger partial charge in [0.05, 0.1) is 5.92 Å². The highest BCUT2D eigenvalue weighted by molar-refractivity contribution is 5.68. The molecule has 0 amide bonds. The molecule has 0 heterocycles. The van der Waals surface area contributed by atoms with Crippen molar-refractivity contribution in [1.82, 2.24) is 0 Å². The maximum atomic E-state index is 9.70. The standard InChI is InChI=1S/C4H8O2.C4H10.CH4/c1-3(2)4(5)6;1-4(2)3;/h3H,1-2H3,(H,5,6);4H,1-3H3;1H4. The van der Waals surface area contributed by atoms with Gasteiger partial charge in [-0.2, -0.15) is 0 Å². The third kappa shape index (κ3) is 43.9. The number of carboxylic acids is 1. The molecule has 0 aliphatic heterocycles. The Morgan fingerprint density at radius 1 is 1.09 bits per heavy atom. The Morgan fingerprint density at radius 3 is 1.18 bits per heavy atom. The fraction of sp³-hybridized carbons (Fsp3) is 0.889. The maximum absolute atomic E-state index is 9.70. The van der Waals surface area contributed by atoms with E-state index < -0.39 is 5.97 Å². The molecular formula is C9H22O2. The van der Waals surface area contributed by atoms with Crippen LogP contribution in [-0.4, -0.2) is 11.1 Å². The van der Waals surface area contributed by atoms with Crippen molar-refractivity contribution in [1.29, 1.82) is 0 Å². The molecule has 0 spiro atoms. The molecule has 0 unspecified atom stereocenters. The van der Waals surface area contributed by atoms with Crippen molar-refractivity contribution in [2.45, 2.75) is 42.0 Å². The van der Waals surface area contributed by atoms with Gasteiger partial charge in [-0.15, -0.1) is 0 Å². The summed E-state index contributed by atoms with van der Waals surface area (Å²) in [4.78, 5) is 9.70. The summed E-state index contributed by atoms with van der Waals surface area (Å²) in [6.07, 6.45) is 0. The second kappa shape index (κ2) is 9.47. The van der Waals surface area contributed by atoms with Gasteiger partial charge in [0.2, 0.25) is 0 Å². The van der Waals surface area contributed by atoms with Crippen LogP contribution in [0.4, 0.5) is 0 Å². The van der Waals surface area contributed by atoms with Crippen LogP contribution >= 0.6 is 0 Å². The van der Waals surface area contributed by atoms with Crippen LogP contribution in [0.3, 0.4) is 0 Å². The number of aliphatic carboxylic acids is 1. The first kappa shape index (κ1) is 16.8. The summed E-state index contributed by atoms with van der Waals surface area (Å²) in [6.45, 7) is 9.78. The monoisotopic (exact) mass is 162 g/mol. The minimum Gasteiger partial charge on any atom is -0.481 e. The van der Waals surface area contributed by atoms with E-state index in [0.717, 1.165) is 5.92 Å². The molecule has 0 aliphatic rings. The Kier molecular flexibility index (Phi) is 14.5. The van der Waals surface area contributed by atoms with E-state index in [4.69, 9.17) is 5.11 Å². The second-order valence-corrected chi connectivity index (χ2v) is 3.22. The van der Waals surface area contributed by atoms with Crippen LogP contribution in [0.5, 0.6) is 0 Å². The highest BCUT2D eigenvalue weighted by atomic mass is 16.4. The molecule has 0 saturated carbocycles. The van der Waals surface area contributed by atoms with Crippen LogP contribution in [0.2, 0.25) is 0 Å². The van der Waals surface area contributed by atoms with Gasteiger partial charge >= 0.3 is 5.97 Å². The third-order valence-electron chi connectivity index (χ3n) is 0.494. The topological polar surface area (TPSA) is 37.3 Å². The van der Waals surface area contributed by atoms with Crippen LogP contribution < -0.4 is 0 Å². The lowest BCUT2D eigenvalue weighted by atomic mass is 10.2. The molecular weight excluding hydrogens is 140 g/mol. The predicted molar refractivity (Wildman–Crippen MR) is 49.7 cm³/mol. The fourth-order valence-electron chi connectivity index (χ4n) is 0. The molecule has 70 valence electrons. The normalized spacial score (nSPS) is 8.27. The van der Waals surface area contributed by atoms with Crippen molar-refractivity contribution in [3.63, 3.8) is 0 Å². The zero-order valence-corrected chi connectivity index (χ0v) is 7.51. The summed E-state index contributed by atoms with van der Waals surface area (Å²) < 4.78 is 0. The van der Waals surface area contributed by atoms with Crippen molar-refractivity contribution in [3.05, 3.63) is 0 Å². The molecule has 0 radical (unpaired) electrons. The average Bonchev–Trinajstić information content (AvgIpc) is 1.63. The Morgan fingerprint density at radius 2 is 1.18 bits per heavy atom. The van der Waals surface area contributed by atoms with Crippen molar-refractivity contribution in [2.75, 3.05) is 0 Å². The van der Waals surface area contributed by atoms with Gasteiger partial charge in [0.25, 0.3) is 0 Å². The number of rotatable bonds is 1. The molecule has 0 aliphatic carbocycles. The average molecular weight is 162 g/mol. The van der Waals surface area contributed by atoms with Gasteiger partial charge in [0, 0.05) is 0 Å². The largest absolute Gasteiger partial charge is 0.481 e. The van der Waals surface area contributed by atoms with Gasteiger partial charge < -0.3 is 5.11 Å². The third-order valence-corrected chi connectivity index (χ3v) is 0.494. The number of carboxylic acid groups (broad SMARTS) is 1. The fourth-order valence-corrected chi connectivity index (χ4v) is 0. The van der Waals surface area contributed by atoms with Gasteiger partial charge in [0.15, 0.2) is 0 Å². The highest BCUT2D eigenvalue weighted by Crippen LogP contribution is 1.87. The number of hydrogen-bond acceptors (Lipinski definition) is 1. The highest BCUT2D eigenvalue weighted by Gasteiger charge is 1.99. The van der Waals surface area contributed by atoms with E-state index in [9.17, 15) is 4.79 Å². The van der Waals surface area contributed by atoms with Crippen LogP contribution in [-0.2, 0) is 4.79 Å². The van der Waals surface area contributed by atoms with Crippen molar-refractivity contribution < 1.29 is 9.90 Å². The first-order valence-corrected chi connectivity index (χ1v) is 3.60. The summed E-state index contributed by atoms with van der Waals surface area (Å²) in [7, 11) is 0. The lowest BCUT2D eigenvalue weighted by molar-refractivity contribution is -0.140. The summed E-state index contributed by atoms with van der Waals surface area (Å²) in [5, 5.41) is 7.99. The molecule has 11 heavy (non-hydrogen) atoms. The Balaban J connectivity index is -0.000000114. The summed E-state index contributed by atoms with van der Waals surface area (Å²) >= 11 is 0. The Bertz CT molecular complexity index is 82.8. The van der Waals surface area contributed by atoms with E-state index >= 15 is 0 Å². The first-order chi connectivity index (χ1) is 4.37. The van der Waals surface area contributed by atoms with Gasteiger partial charge in [-0.3, -0.25) is 4.79 Å². The zero-order chi connectivity index (χ0) is 8.73. The van der Waals surface area contributed by atoms with Gasteiger partial charge in [-0.05, 0) is 5.92 Å². The lowest BCUT2D eigenvalue weighted by Gasteiger charge is -1.89. The zero-order valence-electron chi connectivity index (χ0n) is 7.51. The van der Waals surface area contributed by atoms with E-state index in [1.54, 1.807) is 13.8 Å². The molecule has 0 fully saturated rings. The van der Waals surface area contributed by atoms with Crippen LogP contribution in [0.15, 0.2) is 0 Å². The maximum Gasteiger partial charge on any atom is 0.305 e. The molecule has 0 atom stereocenters. The summed E-state index contributed by atoms with van der Waals surface area (Å²) in [6, 6.07) is 0. The molecule has 2 heteroatoms. The minimum absolute atomic E-state index is 0. The van der Waals surface area contributed by atoms with Crippen molar-refractivity contribution >= 4 is 5.97 Å². The quantitative estimate of drug-likeness (QED) is 0.643. The Labute approximate surface area is 70.6 Å². The van der Waals surface area contributed by atoms with E-state index in [-0.39, 0.29) is 13.3 Å². The predicted octanol–water partition coefficient (Wildman–Crippen LogP) is 3.03. The number of hydrogen-bond donors (Lipinski definition) is 1. The second-order valence-electron chi connectivity index (χ2n) is 3.22. The lowest BCUT2D eigenvalue weighted by Crippen LogP contribution is -2.03. The molecule has 0 saturated heterocycles. The van der Waals surface area contributed by atoms with Crippen molar-refractivity contribution in [3.8, 4) is 0 Å². The molecule has 0 bridgehead atoms. The van der Waals surface area contributed by atoms with Gasteiger partial charge in [-0.25, -0.2) is 0 Å². The Hall–Kier alpha value is -0.530. The molecule has 0 aromatic heterocycles. The molecule has 0 aromatic rings. The van der Waals surface area contributed by atoms with E-state index in [1.165, 1.54) is 0 Å². The molecule has 0 aromatic carbocycles. The minimum atomic E-state index is -0.741. The smallest absolute Gasteiger partial charge is 0.305 e. The van der Waals surface area contributed by atoms with E-state index in [1.807, 2.05) is 0 Å². The summed E-state index contributed by atoms with van der Waals surface area (Å²) in [5.41, 5.74) is 0. The van der Waals surface area contributed by atoms with E-state index in [0.29, 0.717) is 0 Å². The number of carbonyl (C=O) groups is 1. The first-order valence-electron chi connectivity index (χ1n) is 3.60. The van der Waals surface area contributed by atoms with Crippen LogP contribution in [0.1, 0.15) is 42.0 Å². The van der Waals surface area contributed by atoms with Crippen molar-refractivity contribution in [2.24, 2.45) is 11.8 Å². The SMILES string of the molecule is C.CC(C)C.CC(C)C(=O)O. The van der Waals surface area contributed by atoms with Crippen LogP contribution in [0.25, 0.3) is 0 Å². The van der Waals surface area contributed by atoms with Gasteiger partial charge in [-0.1, -0.05) is 42.0 Å². The van der Waals surface area contributed by atoms with Crippen LogP contribution in [0, 0.1) is 11.8 Å². The van der Waals surface area contributed by atoms with E-state index in [2.05, 4.69) is 20.8 Å². The summed E-state index contributed by atoms with van der Waals surface area (Å²) in [5.74, 6) is -0.139.